The third-order valence-electron chi connectivity index (χ3n) is 2.48. The van der Waals surface area contributed by atoms with Crippen molar-refractivity contribution in [3.8, 4) is 17.0 Å². The van der Waals surface area contributed by atoms with Crippen molar-refractivity contribution in [2.24, 2.45) is 0 Å². The third-order valence-corrected chi connectivity index (χ3v) is 2.48. The Hall–Kier alpha value is -3.24. The highest BCUT2D eigenvalue weighted by Gasteiger charge is 2.38. The van der Waals surface area contributed by atoms with Crippen LogP contribution in [0.5, 0.6) is 5.88 Å². The number of carboxylic acid groups (broad SMARTS) is 1. The highest BCUT2D eigenvalue weighted by molar-refractivity contribution is 5.73. The molecule has 2 rings (SSSR count). The summed E-state index contributed by atoms with van der Waals surface area (Å²) in [5, 5.41) is 18.0. The van der Waals surface area contributed by atoms with E-state index in [1.54, 1.807) is 24.5 Å². The largest absolute Gasteiger partial charge is 0.490 e. The van der Waals surface area contributed by atoms with Crippen LogP contribution in [0.4, 0.5) is 18.9 Å². The van der Waals surface area contributed by atoms with Crippen LogP contribution >= 0.6 is 0 Å². The molecule has 2 aromatic heterocycles. The molecule has 0 bridgehead atoms. The molecule has 0 fully saturated rings. The van der Waals surface area contributed by atoms with E-state index in [1.165, 1.54) is 19.4 Å². The Labute approximate surface area is 132 Å². The monoisotopic (exact) mass is 345 g/mol. The summed E-state index contributed by atoms with van der Waals surface area (Å²) in [6.45, 7) is 0. The van der Waals surface area contributed by atoms with Crippen molar-refractivity contribution in [2.45, 2.75) is 6.18 Å². The van der Waals surface area contributed by atoms with Crippen LogP contribution in [0, 0.1) is 10.1 Å². The molecule has 2 aromatic rings. The Morgan fingerprint density at radius 3 is 2.25 bits per heavy atom. The number of alkyl halides is 3. The molecule has 0 unspecified atom stereocenters. The Balaban J connectivity index is 0.000000351. The molecule has 0 aliphatic carbocycles. The molecule has 2 heterocycles. The standard InChI is InChI=1S/C11H9N3O3.C2HF3O2/c1-17-11-10(14(15)16)6-9(7-13-11)8-2-4-12-5-3-8;3-2(4,5)1(6)7/h2-7H,1H3;(H,6,7). The Morgan fingerprint density at radius 1 is 1.29 bits per heavy atom. The molecule has 0 aliphatic rings. The van der Waals surface area contributed by atoms with Crippen LogP contribution in [-0.2, 0) is 4.79 Å². The lowest BCUT2D eigenvalue weighted by atomic mass is 10.1. The first-order chi connectivity index (χ1) is 11.2. The lowest BCUT2D eigenvalue weighted by Crippen LogP contribution is -2.21. The molecule has 11 heteroatoms. The molecule has 0 aliphatic heterocycles. The summed E-state index contributed by atoms with van der Waals surface area (Å²) in [6, 6.07) is 4.95. The third kappa shape index (κ3) is 5.19. The lowest BCUT2D eigenvalue weighted by Gasteiger charge is -2.03. The van der Waals surface area contributed by atoms with E-state index >= 15 is 0 Å². The number of hydrogen-bond donors (Lipinski definition) is 1. The Morgan fingerprint density at radius 2 is 1.83 bits per heavy atom. The van der Waals surface area contributed by atoms with Gasteiger partial charge in [-0.15, -0.1) is 0 Å². The molecule has 1 N–H and O–H groups in total. The highest BCUT2D eigenvalue weighted by Crippen LogP contribution is 2.29. The van der Waals surface area contributed by atoms with E-state index in [2.05, 4.69) is 9.97 Å². The van der Waals surface area contributed by atoms with E-state index < -0.39 is 17.1 Å². The second kappa shape index (κ2) is 7.85. The number of carboxylic acids is 1. The predicted molar refractivity (Wildman–Crippen MR) is 74.4 cm³/mol. The minimum absolute atomic E-state index is 0.00723. The number of aromatic nitrogens is 2. The van der Waals surface area contributed by atoms with Gasteiger partial charge in [-0.2, -0.15) is 13.2 Å². The van der Waals surface area contributed by atoms with Gasteiger partial charge in [0.15, 0.2) is 0 Å². The zero-order chi connectivity index (χ0) is 18.3. The van der Waals surface area contributed by atoms with Crippen molar-refractivity contribution in [1.82, 2.24) is 9.97 Å². The van der Waals surface area contributed by atoms with Crippen molar-refractivity contribution in [2.75, 3.05) is 7.11 Å². The first-order valence-corrected chi connectivity index (χ1v) is 6.05. The summed E-state index contributed by atoms with van der Waals surface area (Å²) in [7, 11) is 1.35. The minimum Gasteiger partial charge on any atom is -0.476 e. The molecular weight excluding hydrogens is 335 g/mol. The Kier molecular flexibility index (Phi) is 6.15. The number of carbonyl (C=O) groups is 1. The number of aliphatic carboxylic acids is 1. The first-order valence-electron chi connectivity index (χ1n) is 6.05. The molecule has 0 atom stereocenters. The number of nitrogens with zero attached hydrogens (tertiary/aromatic N) is 3. The number of nitro groups is 1. The first kappa shape index (κ1) is 18.8. The summed E-state index contributed by atoms with van der Waals surface area (Å²) in [5.41, 5.74) is 1.32. The highest BCUT2D eigenvalue weighted by atomic mass is 19.4. The van der Waals surface area contributed by atoms with Crippen molar-refractivity contribution < 1.29 is 32.7 Å². The van der Waals surface area contributed by atoms with Crippen LogP contribution in [0.15, 0.2) is 36.8 Å². The average Bonchev–Trinajstić information content (AvgIpc) is 2.54. The van der Waals surface area contributed by atoms with Crippen molar-refractivity contribution in [3.63, 3.8) is 0 Å². The molecule has 0 saturated carbocycles. The second-order valence-electron chi connectivity index (χ2n) is 4.05. The fourth-order valence-corrected chi connectivity index (χ4v) is 1.43. The van der Waals surface area contributed by atoms with Crippen molar-refractivity contribution in [3.05, 3.63) is 46.9 Å². The average molecular weight is 345 g/mol. The summed E-state index contributed by atoms with van der Waals surface area (Å²) in [6.07, 6.45) is -0.321. The summed E-state index contributed by atoms with van der Waals surface area (Å²) < 4.78 is 36.6. The smallest absolute Gasteiger partial charge is 0.476 e. The maximum absolute atomic E-state index is 10.8. The fraction of sp³-hybridized carbons (Fsp3) is 0.154. The molecule has 8 nitrogen and oxygen atoms in total. The SMILES string of the molecule is COc1ncc(-c2ccncc2)cc1[N+](=O)[O-].O=C(O)C(F)(F)F. The van der Waals surface area contributed by atoms with E-state index in [-0.39, 0.29) is 11.6 Å². The second-order valence-corrected chi connectivity index (χ2v) is 4.05. The van der Waals surface area contributed by atoms with E-state index in [4.69, 9.17) is 14.6 Å². The molecule has 0 spiro atoms. The molecule has 0 amide bonds. The fourth-order valence-electron chi connectivity index (χ4n) is 1.43. The summed E-state index contributed by atoms with van der Waals surface area (Å²) in [5.74, 6) is -2.75. The Bertz CT molecular complexity index is 723. The van der Waals surface area contributed by atoms with E-state index in [1.807, 2.05) is 0 Å². The number of ether oxygens (including phenoxy) is 1. The quantitative estimate of drug-likeness (QED) is 0.671. The topological polar surface area (TPSA) is 115 Å². The number of hydrogen-bond acceptors (Lipinski definition) is 6. The van der Waals surface area contributed by atoms with Gasteiger partial charge in [0.05, 0.1) is 12.0 Å². The normalized spacial score (nSPS) is 10.3. The van der Waals surface area contributed by atoms with E-state index in [0.717, 1.165) is 5.56 Å². The van der Waals surface area contributed by atoms with Gasteiger partial charge < -0.3 is 9.84 Å². The van der Waals surface area contributed by atoms with Gasteiger partial charge in [-0.05, 0) is 17.7 Å². The molecule has 128 valence electrons. The molecule has 0 saturated heterocycles. The van der Waals surface area contributed by atoms with Gasteiger partial charge in [0.1, 0.15) is 0 Å². The van der Waals surface area contributed by atoms with Crippen LogP contribution in [-0.4, -0.2) is 39.3 Å². The number of methoxy groups -OCH3 is 1. The summed E-state index contributed by atoms with van der Waals surface area (Å²) in [4.78, 5) is 27.0. The van der Waals surface area contributed by atoms with Crippen LogP contribution in [0.1, 0.15) is 0 Å². The van der Waals surface area contributed by atoms with Crippen molar-refractivity contribution in [1.29, 1.82) is 0 Å². The number of rotatable bonds is 3. The van der Waals surface area contributed by atoms with Gasteiger partial charge in [0.25, 0.3) is 5.88 Å². The molecular formula is C13H10F3N3O5. The minimum atomic E-state index is -5.08. The maximum atomic E-state index is 10.8. The molecule has 24 heavy (non-hydrogen) atoms. The zero-order valence-corrected chi connectivity index (χ0v) is 12.0. The van der Waals surface area contributed by atoms with Gasteiger partial charge >= 0.3 is 17.8 Å². The van der Waals surface area contributed by atoms with Crippen LogP contribution < -0.4 is 4.74 Å². The summed E-state index contributed by atoms with van der Waals surface area (Å²) >= 11 is 0. The van der Waals surface area contributed by atoms with Gasteiger partial charge in [0, 0.05) is 30.2 Å². The van der Waals surface area contributed by atoms with Gasteiger partial charge in [-0.25, -0.2) is 9.78 Å². The van der Waals surface area contributed by atoms with Crippen LogP contribution in [0.2, 0.25) is 0 Å². The maximum Gasteiger partial charge on any atom is 0.490 e. The molecule has 0 radical (unpaired) electrons. The van der Waals surface area contributed by atoms with E-state index in [0.29, 0.717) is 5.56 Å². The number of halogens is 3. The van der Waals surface area contributed by atoms with Crippen LogP contribution in [0.25, 0.3) is 11.1 Å². The van der Waals surface area contributed by atoms with Gasteiger partial charge in [0.2, 0.25) is 0 Å². The van der Waals surface area contributed by atoms with Gasteiger partial charge in [-0.1, -0.05) is 0 Å². The van der Waals surface area contributed by atoms with Crippen LogP contribution in [0.3, 0.4) is 0 Å². The zero-order valence-electron chi connectivity index (χ0n) is 12.0. The van der Waals surface area contributed by atoms with Crippen molar-refractivity contribution >= 4 is 11.7 Å². The number of pyridine rings is 2. The van der Waals surface area contributed by atoms with Gasteiger partial charge in [-0.3, -0.25) is 15.1 Å². The predicted octanol–water partition coefficient (Wildman–Crippen LogP) is 2.69. The lowest BCUT2D eigenvalue weighted by molar-refractivity contribution is -0.386. The van der Waals surface area contributed by atoms with E-state index in [9.17, 15) is 23.3 Å². The molecule has 0 aromatic carbocycles.